The molecule has 4 rings (SSSR count). The van der Waals surface area contributed by atoms with Gasteiger partial charge in [0.25, 0.3) is 5.69 Å². The summed E-state index contributed by atoms with van der Waals surface area (Å²) >= 11 is 0. The van der Waals surface area contributed by atoms with Crippen LogP contribution in [0.2, 0.25) is 0 Å². The summed E-state index contributed by atoms with van der Waals surface area (Å²) in [4.78, 5) is 15.2. The third kappa shape index (κ3) is 2.79. The highest BCUT2D eigenvalue weighted by atomic mass is 16.6. The summed E-state index contributed by atoms with van der Waals surface area (Å²) in [7, 11) is 0. The van der Waals surface area contributed by atoms with Gasteiger partial charge in [-0.15, -0.1) is 0 Å². The maximum atomic E-state index is 11.1. The van der Waals surface area contributed by atoms with E-state index >= 15 is 0 Å². The van der Waals surface area contributed by atoms with Crippen LogP contribution in [-0.2, 0) is 6.42 Å². The minimum absolute atomic E-state index is 0.151. The normalized spacial score (nSPS) is 10.7. The fourth-order valence-corrected chi connectivity index (χ4v) is 3.72. The van der Waals surface area contributed by atoms with Gasteiger partial charge in [0.2, 0.25) is 0 Å². The number of nitrogens with one attached hydrogen (secondary N) is 1. The molecule has 0 spiro atoms. The zero-order valence-electron chi connectivity index (χ0n) is 16.3. The molecule has 2 aromatic carbocycles. The van der Waals surface area contributed by atoms with Crippen molar-refractivity contribution in [3.05, 3.63) is 74.8 Å². The Hall–Kier alpha value is -4.43. The van der Waals surface area contributed by atoms with Crippen molar-refractivity contribution >= 4 is 33.9 Å². The molecule has 8 heteroatoms. The molecule has 4 aromatic rings. The van der Waals surface area contributed by atoms with Gasteiger partial charge in [0.1, 0.15) is 18.0 Å². The molecule has 0 saturated carbocycles. The number of benzene rings is 2. The van der Waals surface area contributed by atoms with Crippen molar-refractivity contribution in [2.45, 2.75) is 20.3 Å². The Labute approximate surface area is 171 Å². The van der Waals surface area contributed by atoms with Gasteiger partial charge in [0.05, 0.1) is 32.8 Å². The quantitative estimate of drug-likeness (QED) is 0.392. The molecule has 0 unspecified atom stereocenters. The summed E-state index contributed by atoms with van der Waals surface area (Å²) in [6.07, 6.45) is 0.639. The second kappa shape index (κ2) is 7.19. The minimum atomic E-state index is -0.532. The summed E-state index contributed by atoms with van der Waals surface area (Å²) in [5.41, 5.74) is 4.76. The molecule has 0 atom stereocenters. The third-order valence-corrected chi connectivity index (χ3v) is 5.17. The molecule has 0 fully saturated rings. The van der Waals surface area contributed by atoms with Gasteiger partial charge in [0.15, 0.2) is 5.65 Å². The van der Waals surface area contributed by atoms with Gasteiger partial charge in [-0.25, -0.2) is 4.98 Å². The predicted octanol–water partition coefficient (Wildman–Crippen LogP) is 4.75. The van der Waals surface area contributed by atoms with E-state index in [1.807, 2.05) is 48.6 Å². The van der Waals surface area contributed by atoms with E-state index in [1.165, 1.54) is 18.2 Å². The molecule has 0 aliphatic heterocycles. The standard InChI is InChI=1S/C22H16N6O2/c1-3-16-13(2)17(12-24)22-26-19-6-4-5-7-20(19)27(22)21(16)25-18-9-8-15(28(29)30)10-14(18)11-23/h4-10,25H,3H2,1-2H3. The van der Waals surface area contributed by atoms with E-state index in [9.17, 15) is 20.6 Å². The zero-order valence-corrected chi connectivity index (χ0v) is 16.3. The lowest BCUT2D eigenvalue weighted by Gasteiger charge is -2.18. The molecule has 0 saturated heterocycles. The number of pyridine rings is 1. The second-order valence-electron chi connectivity index (χ2n) is 6.78. The van der Waals surface area contributed by atoms with Crippen LogP contribution >= 0.6 is 0 Å². The largest absolute Gasteiger partial charge is 0.340 e. The first-order valence-corrected chi connectivity index (χ1v) is 9.28. The molecule has 2 aromatic heterocycles. The highest BCUT2D eigenvalue weighted by Crippen LogP contribution is 2.34. The van der Waals surface area contributed by atoms with Gasteiger partial charge >= 0.3 is 0 Å². The lowest BCUT2D eigenvalue weighted by atomic mass is 10.0. The first-order chi connectivity index (χ1) is 14.5. The molecular weight excluding hydrogens is 380 g/mol. The summed E-state index contributed by atoms with van der Waals surface area (Å²) in [5, 5.41) is 33.7. The number of nitrogens with zero attached hydrogens (tertiary/aromatic N) is 5. The maximum Gasteiger partial charge on any atom is 0.270 e. The molecule has 2 heterocycles. The first-order valence-electron chi connectivity index (χ1n) is 9.28. The van der Waals surface area contributed by atoms with Crippen molar-refractivity contribution < 1.29 is 4.92 Å². The Kier molecular flexibility index (Phi) is 4.53. The van der Waals surface area contributed by atoms with Crippen LogP contribution < -0.4 is 5.32 Å². The highest BCUT2D eigenvalue weighted by molar-refractivity contribution is 5.87. The predicted molar refractivity (Wildman–Crippen MR) is 113 cm³/mol. The average Bonchev–Trinajstić information content (AvgIpc) is 3.13. The van der Waals surface area contributed by atoms with E-state index in [0.29, 0.717) is 29.1 Å². The Morgan fingerprint density at radius 2 is 1.97 bits per heavy atom. The molecule has 1 N–H and O–H groups in total. The van der Waals surface area contributed by atoms with E-state index in [0.717, 1.165) is 22.2 Å². The Balaban J connectivity index is 2.05. The molecule has 0 radical (unpaired) electrons. The Morgan fingerprint density at radius 3 is 2.63 bits per heavy atom. The topological polar surface area (TPSA) is 120 Å². The molecule has 0 aliphatic carbocycles. The lowest BCUT2D eigenvalue weighted by molar-refractivity contribution is -0.384. The van der Waals surface area contributed by atoms with Gasteiger partial charge in [0, 0.05) is 12.1 Å². The van der Waals surface area contributed by atoms with Gasteiger partial charge in [-0.1, -0.05) is 19.1 Å². The monoisotopic (exact) mass is 396 g/mol. The average molecular weight is 396 g/mol. The van der Waals surface area contributed by atoms with Crippen LogP contribution in [0.25, 0.3) is 16.7 Å². The van der Waals surface area contributed by atoms with Crippen molar-refractivity contribution in [2.75, 3.05) is 5.32 Å². The van der Waals surface area contributed by atoms with Crippen molar-refractivity contribution in [2.24, 2.45) is 0 Å². The number of nitriles is 2. The van der Waals surface area contributed by atoms with Crippen molar-refractivity contribution in [1.82, 2.24) is 9.38 Å². The van der Waals surface area contributed by atoms with Crippen LogP contribution in [0.5, 0.6) is 0 Å². The van der Waals surface area contributed by atoms with Crippen molar-refractivity contribution in [3.8, 4) is 12.1 Å². The van der Waals surface area contributed by atoms with Crippen LogP contribution in [-0.4, -0.2) is 14.3 Å². The number of hydrogen-bond acceptors (Lipinski definition) is 6. The summed E-state index contributed by atoms with van der Waals surface area (Å²) < 4.78 is 1.88. The summed E-state index contributed by atoms with van der Waals surface area (Å²) in [6, 6.07) is 16.0. The number of rotatable bonds is 4. The second-order valence-corrected chi connectivity index (χ2v) is 6.78. The lowest BCUT2D eigenvalue weighted by Crippen LogP contribution is -2.08. The number of nitro groups is 1. The van der Waals surface area contributed by atoms with Crippen LogP contribution in [0, 0.1) is 39.7 Å². The minimum Gasteiger partial charge on any atom is -0.340 e. The van der Waals surface area contributed by atoms with Crippen LogP contribution in [0.3, 0.4) is 0 Å². The molecule has 8 nitrogen and oxygen atoms in total. The summed E-state index contributed by atoms with van der Waals surface area (Å²) in [5.74, 6) is 0.683. The number of nitro benzene ring substituents is 1. The van der Waals surface area contributed by atoms with Crippen molar-refractivity contribution in [1.29, 1.82) is 10.5 Å². The molecule has 30 heavy (non-hydrogen) atoms. The van der Waals surface area contributed by atoms with Gasteiger partial charge in [-0.3, -0.25) is 14.5 Å². The number of para-hydroxylation sites is 2. The number of hydrogen-bond donors (Lipinski definition) is 1. The first kappa shape index (κ1) is 18.9. The van der Waals surface area contributed by atoms with E-state index in [-0.39, 0.29) is 11.3 Å². The van der Waals surface area contributed by atoms with E-state index in [1.54, 1.807) is 0 Å². The Morgan fingerprint density at radius 1 is 1.20 bits per heavy atom. The fraction of sp³-hybridized carbons (Fsp3) is 0.136. The van der Waals surface area contributed by atoms with Crippen LogP contribution in [0.4, 0.5) is 17.2 Å². The van der Waals surface area contributed by atoms with Crippen molar-refractivity contribution in [3.63, 3.8) is 0 Å². The molecular formula is C22H16N6O2. The number of non-ortho nitro benzene ring substituents is 1. The highest BCUT2D eigenvalue weighted by Gasteiger charge is 2.21. The number of fused-ring (bicyclic) bond motifs is 3. The third-order valence-electron chi connectivity index (χ3n) is 5.17. The zero-order chi connectivity index (χ0) is 21.4. The van der Waals surface area contributed by atoms with E-state index in [4.69, 9.17) is 0 Å². The number of imidazole rings is 1. The molecule has 0 amide bonds. The Bertz CT molecular complexity index is 1420. The molecule has 0 bridgehead atoms. The van der Waals surface area contributed by atoms with Gasteiger partial charge in [-0.05, 0) is 42.7 Å². The van der Waals surface area contributed by atoms with E-state index < -0.39 is 4.92 Å². The smallest absolute Gasteiger partial charge is 0.270 e. The van der Waals surface area contributed by atoms with E-state index in [2.05, 4.69) is 16.4 Å². The van der Waals surface area contributed by atoms with Gasteiger partial charge < -0.3 is 5.32 Å². The SMILES string of the molecule is CCc1c(C)c(C#N)c2nc3ccccc3n2c1Nc1ccc([N+](=O)[O-])cc1C#N. The number of aromatic nitrogens is 2. The van der Waals surface area contributed by atoms with Crippen LogP contribution in [0.15, 0.2) is 42.5 Å². The molecule has 0 aliphatic rings. The fourth-order valence-electron chi connectivity index (χ4n) is 3.72. The van der Waals surface area contributed by atoms with Crippen LogP contribution in [0.1, 0.15) is 29.2 Å². The van der Waals surface area contributed by atoms with Gasteiger partial charge in [-0.2, -0.15) is 10.5 Å². The number of anilines is 2. The maximum absolute atomic E-state index is 11.1. The summed E-state index contributed by atoms with van der Waals surface area (Å²) in [6.45, 7) is 3.86. The molecule has 146 valence electrons.